The van der Waals surface area contributed by atoms with Gasteiger partial charge in [0.15, 0.2) is 0 Å². The molecule has 0 fully saturated rings. The molecule has 6 heteroatoms. The second-order valence-electron chi connectivity index (χ2n) is 4.48. The fourth-order valence-electron chi connectivity index (χ4n) is 2.07. The molecule has 1 aromatic carbocycles. The molecule has 0 saturated carbocycles. The number of hydrogen-bond acceptors (Lipinski definition) is 3. The monoisotopic (exact) mass is 365 g/mol. The van der Waals surface area contributed by atoms with Crippen LogP contribution in [0.3, 0.4) is 0 Å². The maximum absolute atomic E-state index is 12.1. The van der Waals surface area contributed by atoms with Gasteiger partial charge in [-0.25, -0.2) is 8.78 Å². The average Bonchev–Trinajstić information content (AvgIpc) is 2.44. The van der Waals surface area contributed by atoms with Gasteiger partial charge in [-0.05, 0) is 38.1 Å². The quantitative estimate of drug-likeness (QED) is 0.631. The molecule has 0 spiro atoms. The lowest BCUT2D eigenvalue weighted by Crippen LogP contribution is -2.23. The topological polar surface area (TPSA) is 30.5 Å². The van der Waals surface area contributed by atoms with Crippen LogP contribution < -0.4 is 10.1 Å². The Labute approximate surface area is 133 Å². The SMILES string of the molecule is CCNC(CCOCC(F)F)c1cc(Br)ccc1OCC. The van der Waals surface area contributed by atoms with Crippen LogP contribution in [0.25, 0.3) is 0 Å². The van der Waals surface area contributed by atoms with Gasteiger partial charge in [0.1, 0.15) is 12.4 Å². The summed E-state index contributed by atoms with van der Waals surface area (Å²) in [5, 5.41) is 3.34. The molecule has 0 radical (unpaired) electrons. The highest BCUT2D eigenvalue weighted by Gasteiger charge is 2.16. The standard InChI is InChI=1S/C15H22BrF2NO2/c1-3-19-13(7-8-20-10-15(17)18)12-9-11(16)5-6-14(12)21-4-2/h5-6,9,13,15,19H,3-4,7-8,10H2,1-2H3. The van der Waals surface area contributed by atoms with Crippen LogP contribution in [0.15, 0.2) is 22.7 Å². The van der Waals surface area contributed by atoms with Gasteiger partial charge in [-0.2, -0.15) is 0 Å². The molecule has 1 aromatic rings. The first kappa shape index (κ1) is 18.3. The molecule has 3 nitrogen and oxygen atoms in total. The highest BCUT2D eigenvalue weighted by Crippen LogP contribution is 2.30. The molecule has 0 aliphatic rings. The predicted octanol–water partition coefficient (Wildman–Crippen LogP) is 4.17. The van der Waals surface area contributed by atoms with Crippen LogP contribution in [-0.4, -0.2) is 32.8 Å². The fraction of sp³-hybridized carbons (Fsp3) is 0.600. The summed E-state index contributed by atoms with van der Waals surface area (Å²) in [6, 6.07) is 5.83. The molecule has 0 amide bonds. The smallest absolute Gasteiger partial charge is 0.261 e. The zero-order valence-corrected chi connectivity index (χ0v) is 14.0. The van der Waals surface area contributed by atoms with Gasteiger partial charge < -0.3 is 14.8 Å². The van der Waals surface area contributed by atoms with Gasteiger partial charge in [0.05, 0.1) is 6.61 Å². The molecule has 0 heterocycles. The molecule has 1 atom stereocenters. The van der Waals surface area contributed by atoms with Gasteiger partial charge in [0.2, 0.25) is 0 Å². The van der Waals surface area contributed by atoms with Gasteiger partial charge in [-0.15, -0.1) is 0 Å². The van der Waals surface area contributed by atoms with Crippen LogP contribution in [0.5, 0.6) is 5.75 Å². The van der Waals surface area contributed by atoms with Crippen molar-refractivity contribution < 1.29 is 18.3 Å². The van der Waals surface area contributed by atoms with Crippen molar-refractivity contribution in [3.63, 3.8) is 0 Å². The Morgan fingerprint density at radius 3 is 2.67 bits per heavy atom. The number of alkyl halides is 2. The van der Waals surface area contributed by atoms with Gasteiger partial charge >= 0.3 is 0 Å². The molecular formula is C15H22BrF2NO2. The van der Waals surface area contributed by atoms with Crippen molar-refractivity contribution in [2.24, 2.45) is 0 Å². The van der Waals surface area contributed by atoms with Crippen LogP contribution in [-0.2, 0) is 4.74 Å². The summed E-state index contributed by atoms with van der Waals surface area (Å²) in [5.41, 5.74) is 1.01. The Kier molecular flexibility index (Phi) is 8.80. The van der Waals surface area contributed by atoms with Gasteiger partial charge in [0.25, 0.3) is 6.43 Å². The molecule has 120 valence electrons. The van der Waals surface area contributed by atoms with E-state index in [2.05, 4.69) is 21.2 Å². The summed E-state index contributed by atoms with van der Waals surface area (Å²) < 4.78 is 35.7. The summed E-state index contributed by atoms with van der Waals surface area (Å²) in [5.74, 6) is 0.806. The molecule has 1 N–H and O–H groups in total. The third-order valence-corrected chi connectivity index (χ3v) is 3.39. The summed E-state index contributed by atoms with van der Waals surface area (Å²) in [7, 11) is 0. The van der Waals surface area contributed by atoms with Crippen LogP contribution in [0.2, 0.25) is 0 Å². The maximum Gasteiger partial charge on any atom is 0.261 e. The molecule has 1 rings (SSSR count). The average molecular weight is 366 g/mol. The Balaban J connectivity index is 2.76. The van der Waals surface area contributed by atoms with Crippen molar-refractivity contribution in [3.05, 3.63) is 28.2 Å². The third-order valence-electron chi connectivity index (χ3n) is 2.89. The molecule has 0 aliphatic heterocycles. The number of halogens is 3. The Bertz CT molecular complexity index is 419. The van der Waals surface area contributed by atoms with Crippen molar-refractivity contribution in [2.75, 3.05) is 26.4 Å². The molecule has 21 heavy (non-hydrogen) atoms. The number of nitrogens with one attached hydrogen (secondary N) is 1. The second-order valence-corrected chi connectivity index (χ2v) is 5.40. The first-order valence-corrected chi connectivity index (χ1v) is 7.89. The molecule has 1 unspecified atom stereocenters. The van der Waals surface area contributed by atoms with Crippen LogP contribution >= 0.6 is 15.9 Å². The normalized spacial score (nSPS) is 12.7. The molecule has 0 aliphatic carbocycles. The van der Waals surface area contributed by atoms with Crippen molar-refractivity contribution >= 4 is 15.9 Å². The largest absolute Gasteiger partial charge is 0.494 e. The molecular weight excluding hydrogens is 344 g/mol. The Hall–Kier alpha value is -0.720. The lowest BCUT2D eigenvalue weighted by atomic mass is 10.0. The minimum atomic E-state index is -2.42. The number of hydrogen-bond donors (Lipinski definition) is 1. The van der Waals surface area contributed by atoms with Gasteiger partial charge in [-0.3, -0.25) is 0 Å². The van der Waals surface area contributed by atoms with E-state index in [4.69, 9.17) is 9.47 Å². The zero-order chi connectivity index (χ0) is 15.7. The van der Waals surface area contributed by atoms with Crippen LogP contribution in [0.1, 0.15) is 31.9 Å². The lowest BCUT2D eigenvalue weighted by Gasteiger charge is -2.21. The Morgan fingerprint density at radius 1 is 1.29 bits per heavy atom. The summed E-state index contributed by atoms with van der Waals surface area (Å²) in [6.45, 7) is 5.05. The third kappa shape index (κ3) is 6.72. The molecule has 0 saturated heterocycles. The fourth-order valence-corrected chi connectivity index (χ4v) is 2.44. The highest BCUT2D eigenvalue weighted by molar-refractivity contribution is 9.10. The maximum atomic E-state index is 12.1. The highest BCUT2D eigenvalue weighted by atomic mass is 79.9. The van der Waals surface area contributed by atoms with E-state index in [1.165, 1.54) is 0 Å². The minimum Gasteiger partial charge on any atom is -0.494 e. The Morgan fingerprint density at radius 2 is 2.05 bits per heavy atom. The zero-order valence-electron chi connectivity index (χ0n) is 12.4. The lowest BCUT2D eigenvalue weighted by molar-refractivity contribution is 0.0143. The van der Waals surface area contributed by atoms with E-state index in [0.717, 1.165) is 22.3 Å². The van der Waals surface area contributed by atoms with E-state index in [1.807, 2.05) is 32.0 Å². The predicted molar refractivity (Wildman–Crippen MR) is 83.2 cm³/mol. The molecule has 0 bridgehead atoms. The van der Waals surface area contributed by atoms with Crippen LogP contribution in [0.4, 0.5) is 8.78 Å². The number of rotatable bonds is 10. The molecule has 0 aromatic heterocycles. The van der Waals surface area contributed by atoms with E-state index >= 15 is 0 Å². The van der Waals surface area contributed by atoms with E-state index in [0.29, 0.717) is 13.0 Å². The van der Waals surface area contributed by atoms with Gasteiger partial charge in [-0.1, -0.05) is 22.9 Å². The van der Waals surface area contributed by atoms with Crippen molar-refractivity contribution in [1.29, 1.82) is 0 Å². The first-order chi connectivity index (χ1) is 10.1. The van der Waals surface area contributed by atoms with Crippen LogP contribution in [0, 0.1) is 0 Å². The first-order valence-electron chi connectivity index (χ1n) is 7.10. The number of ether oxygens (including phenoxy) is 2. The minimum absolute atomic E-state index is 0.00622. The van der Waals surface area contributed by atoms with E-state index in [9.17, 15) is 8.78 Å². The van der Waals surface area contributed by atoms with E-state index in [-0.39, 0.29) is 12.6 Å². The second kappa shape index (κ2) is 10.1. The summed E-state index contributed by atoms with van der Waals surface area (Å²) in [6.07, 6.45) is -1.82. The summed E-state index contributed by atoms with van der Waals surface area (Å²) in [4.78, 5) is 0. The van der Waals surface area contributed by atoms with E-state index < -0.39 is 13.0 Å². The number of benzene rings is 1. The summed E-state index contributed by atoms with van der Waals surface area (Å²) >= 11 is 3.45. The van der Waals surface area contributed by atoms with Gasteiger partial charge in [0, 0.05) is 22.7 Å². The van der Waals surface area contributed by atoms with E-state index in [1.54, 1.807) is 0 Å². The van der Waals surface area contributed by atoms with Crippen molar-refractivity contribution in [2.45, 2.75) is 32.7 Å². The van der Waals surface area contributed by atoms with Crippen molar-refractivity contribution in [1.82, 2.24) is 5.32 Å². The van der Waals surface area contributed by atoms with Crippen molar-refractivity contribution in [3.8, 4) is 5.75 Å².